The maximum absolute atomic E-state index is 13.2. The molecule has 2 amide bonds. The third-order valence-electron chi connectivity index (χ3n) is 5.64. The number of hydrogen-bond donors (Lipinski definition) is 5. The van der Waals surface area contributed by atoms with E-state index in [9.17, 15) is 29.4 Å². The number of hydrogen-bond acceptors (Lipinski definition) is 9. The third-order valence-corrected chi connectivity index (χ3v) is 5.64. The van der Waals surface area contributed by atoms with Crippen LogP contribution in [0.3, 0.4) is 0 Å². The Hall–Kier alpha value is -4.28. The van der Waals surface area contributed by atoms with Crippen LogP contribution >= 0.6 is 0 Å². The van der Waals surface area contributed by atoms with Crippen molar-refractivity contribution in [2.24, 2.45) is 0 Å². The van der Waals surface area contributed by atoms with Crippen LogP contribution in [0.4, 0.5) is 16.2 Å². The summed E-state index contributed by atoms with van der Waals surface area (Å²) >= 11 is 0. The van der Waals surface area contributed by atoms with Gasteiger partial charge in [0.05, 0.1) is 34.8 Å². The lowest BCUT2D eigenvalue weighted by molar-refractivity contribution is -0.121. The lowest BCUT2D eigenvalue weighted by Gasteiger charge is -2.40. The quantitative estimate of drug-likeness (QED) is 0.274. The van der Waals surface area contributed by atoms with Gasteiger partial charge in [-0.2, -0.15) is 0 Å². The highest BCUT2D eigenvalue weighted by Crippen LogP contribution is 2.41. The number of aromatic hydroxyl groups is 2. The average molecular weight is 482 g/mol. The van der Waals surface area contributed by atoms with Crippen LogP contribution in [0.2, 0.25) is 0 Å². The molecule has 184 valence electrons. The Labute approximate surface area is 200 Å². The summed E-state index contributed by atoms with van der Waals surface area (Å²) in [6.07, 6.45) is -0.454. The van der Waals surface area contributed by atoms with Gasteiger partial charge in [0.25, 0.3) is 0 Å². The van der Waals surface area contributed by atoms with Crippen LogP contribution in [0.15, 0.2) is 24.3 Å². The van der Waals surface area contributed by atoms with Gasteiger partial charge in [-0.1, -0.05) is 0 Å². The van der Waals surface area contributed by atoms with Crippen LogP contribution in [0.5, 0.6) is 11.5 Å². The zero-order chi connectivity index (χ0) is 25.7. The number of nitrogens with two attached hydrogens (primary N) is 1. The van der Waals surface area contributed by atoms with E-state index in [0.717, 1.165) is 0 Å². The van der Waals surface area contributed by atoms with Crippen molar-refractivity contribution >= 4 is 34.9 Å². The standard InChI is InChI=1S/C24H26N4O7/c1-24(2,3)35-23(34)28-9-11(10-28)27-16(31)8-26-13-5-7-15(30)20-18(13)22(33)19-14(29)6-4-12(25)17(19)21(20)32/h4-7,11,26,29-30H,8-10,25H2,1-3H3,(H,27,31). The van der Waals surface area contributed by atoms with Crippen molar-refractivity contribution in [3.8, 4) is 11.5 Å². The minimum Gasteiger partial charge on any atom is -0.507 e. The fourth-order valence-corrected chi connectivity index (χ4v) is 4.04. The van der Waals surface area contributed by atoms with Crippen LogP contribution in [0.25, 0.3) is 0 Å². The predicted molar refractivity (Wildman–Crippen MR) is 126 cm³/mol. The number of benzene rings is 2. The van der Waals surface area contributed by atoms with E-state index in [1.165, 1.54) is 29.2 Å². The van der Waals surface area contributed by atoms with Gasteiger partial charge in [-0.15, -0.1) is 0 Å². The molecule has 1 aliphatic carbocycles. The first-order valence-corrected chi connectivity index (χ1v) is 11.0. The molecule has 1 heterocycles. The molecule has 0 spiro atoms. The molecule has 11 nitrogen and oxygen atoms in total. The van der Waals surface area contributed by atoms with E-state index in [2.05, 4.69) is 10.6 Å². The van der Waals surface area contributed by atoms with Crippen molar-refractivity contribution in [2.75, 3.05) is 30.7 Å². The molecule has 6 N–H and O–H groups in total. The van der Waals surface area contributed by atoms with Gasteiger partial charge in [0.1, 0.15) is 17.1 Å². The third kappa shape index (κ3) is 4.44. The molecule has 0 bridgehead atoms. The molecule has 0 unspecified atom stereocenters. The van der Waals surface area contributed by atoms with E-state index >= 15 is 0 Å². The van der Waals surface area contributed by atoms with E-state index in [4.69, 9.17) is 10.5 Å². The Morgan fingerprint density at radius 2 is 1.57 bits per heavy atom. The van der Waals surface area contributed by atoms with Crippen molar-refractivity contribution in [2.45, 2.75) is 32.4 Å². The Balaban J connectivity index is 1.45. The van der Waals surface area contributed by atoms with E-state index in [-0.39, 0.29) is 46.2 Å². The zero-order valence-electron chi connectivity index (χ0n) is 19.5. The van der Waals surface area contributed by atoms with Crippen LogP contribution in [0, 0.1) is 0 Å². The highest BCUT2D eigenvalue weighted by Gasteiger charge is 2.38. The lowest BCUT2D eigenvalue weighted by atomic mass is 9.81. The number of anilines is 2. The first-order valence-electron chi connectivity index (χ1n) is 11.0. The minimum atomic E-state index is -0.704. The van der Waals surface area contributed by atoms with Crippen LogP contribution < -0.4 is 16.4 Å². The predicted octanol–water partition coefficient (Wildman–Crippen LogP) is 1.60. The Morgan fingerprint density at radius 1 is 1.00 bits per heavy atom. The van der Waals surface area contributed by atoms with Crippen molar-refractivity contribution in [3.63, 3.8) is 0 Å². The maximum Gasteiger partial charge on any atom is 0.410 e. The number of likely N-dealkylation sites (tertiary alicyclic amines) is 1. The molecule has 1 saturated heterocycles. The number of fused-ring (bicyclic) bond motifs is 2. The van der Waals surface area contributed by atoms with Gasteiger partial charge in [-0.3, -0.25) is 14.4 Å². The van der Waals surface area contributed by atoms with E-state index < -0.39 is 40.7 Å². The summed E-state index contributed by atoms with van der Waals surface area (Å²) in [6.45, 7) is 5.68. The van der Waals surface area contributed by atoms with Crippen molar-refractivity contribution in [3.05, 3.63) is 46.5 Å². The first kappa shape index (κ1) is 23.9. The van der Waals surface area contributed by atoms with Crippen molar-refractivity contribution in [1.82, 2.24) is 10.2 Å². The Bertz CT molecular complexity index is 1260. The highest BCUT2D eigenvalue weighted by atomic mass is 16.6. The summed E-state index contributed by atoms with van der Waals surface area (Å²) < 4.78 is 5.28. The number of carbonyl (C=O) groups is 4. The van der Waals surface area contributed by atoms with Crippen molar-refractivity contribution in [1.29, 1.82) is 0 Å². The van der Waals surface area contributed by atoms with Gasteiger partial charge in [-0.25, -0.2) is 4.79 Å². The second kappa shape index (κ2) is 8.49. The van der Waals surface area contributed by atoms with Crippen LogP contribution in [0.1, 0.15) is 52.6 Å². The number of phenols is 2. The van der Waals surface area contributed by atoms with E-state index in [0.29, 0.717) is 13.1 Å². The van der Waals surface area contributed by atoms with Crippen LogP contribution in [-0.4, -0.2) is 70.0 Å². The number of carbonyl (C=O) groups excluding carboxylic acids is 4. The maximum atomic E-state index is 13.2. The van der Waals surface area contributed by atoms with Crippen LogP contribution in [-0.2, 0) is 9.53 Å². The molecule has 1 fully saturated rings. The van der Waals surface area contributed by atoms with Gasteiger partial charge in [0, 0.05) is 24.5 Å². The SMILES string of the molecule is CC(C)(C)OC(=O)N1CC(NC(=O)CNc2ccc(O)c3c2C(=O)c2c(O)ccc(N)c2C3=O)C1. The lowest BCUT2D eigenvalue weighted by Crippen LogP contribution is -2.62. The number of amides is 2. The van der Waals surface area contributed by atoms with Gasteiger partial charge in [0.15, 0.2) is 0 Å². The second-order valence-corrected chi connectivity index (χ2v) is 9.47. The molecular weight excluding hydrogens is 456 g/mol. The summed E-state index contributed by atoms with van der Waals surface area (Å²) in [4.78, 5) is 52.2. The average Bonchev–Trinajstić information content (AvgIpc) is 2.73. The molecule has 11 heteroatoms. The normalized spacial score (nSPS) is 15.1. The minimum absolute atomic E-state index is 0.000126. The summed E-state index contributed by atoms with van der Waals surface area (Å²) in [7, 11) is 0. The van der Waals surface area contributed by atoms with Gasteiger partial charge in [-0.05, 0) is 45.0 Å². The largest absolute Gasteiger partial charge is 0.507 e. The second-order valence-electron chi connectivity index (χ2n) is 9.47. The highest BCUT2D eigenvalue weighted by molar-refractivity contribution is 6.33. The summed E-state index contributed by atoms with van der Waals surface area (Å²) in [5.41, 5.74) is 4.56. The molecule has 4 rings (SSSR count). The van der Waals surface area contributed by atoms with E-state index in [1.807, 2.05) is 0 Å². The Kier molecular flexibility index (Phi) is 5.79. The van der Waals surface area contributed by atoms with Gasteiger partial charge < -0.3 is 36.2 Å². The van der Waals surface area contributed by atoms with Gasteiger partial charge in [0.2, 0.25) is 17.5 Å². The summed E-state index contributed by atoms with van der Waals surface area (Å²) in [5, 5.41) is 26.1. The molecule has 0 aromatic heterocycles. The summed E-state index contributed by atoms with van der Waals surface area (Å²) in [5.74, 6) is -2.64. The van der Waals surface area contributed by atoms with Gasteiger partial charge >= 0.3 is 6.09 Å². The molecule has 35 heavy (non-hydrogen) atoms. The molecular formula is C24H26N4O7. The number of nitrogen functional groups attached to an aromatic ring is 1. The number of rotatable bonds is 4. The number of nitrogens with zero attached hydrogens (tertiary/aromatic N) is 1. The Morgan fingerprint density at radius 3 is 2.20 bits per heavy atom. The number of phenolic OH excluding ortho intramolecular Hbond substituents is 2. The summed E-state index contributed by atoms with van der Waals surface area (Å²) in [6, 6.07) is 4.87. The van der Waals surface area contributed by atoms with E-state index in [1.54, 1.807) is 20.8 Å². The number of ether oxygens (including phenoxy) is 1. The molecule has 2 aliphatic rings. The fourth-order valence-electron chi connectivity index (χ4n) is 4.04. The molecule has 2 aromatic carbocycles. The number of ketones is 2. The molecule has 0 atom stereocenters. The molecule has 0 saturated carbocycles. The van der Waals surface area contributed by atoms with Crippen molar-refractivity contribution < 1.29 is 34.1 Å². The number of nitrogens with one attached hydrogen (secondary N) is 2. The topological polar surface area (TPSA) is 171 Å². The molecule has 2 aromatic rings. The molecule has 1 aliphatic heterocycles. The molecule has 0 radical (unpaired) electrons. The smallest absolute Gasteiger partial charge is 0.410 e. The fraction of sp³-hybridized carbons (Fsp3) is 0.333. The monoisotopic (exact) mass is 482 g/mol. The zero-order valence-corrected chi connectivity index (χ0v) is 19.5. The first-order chi connectivity index (χ1) is 16.4.